The van der Waals surface area contributed by atoms with Crippen LogP contribution >= 0.6 is 11.8 Å². The van der Waals surface area contributed by atoms with Crippen LogP contribution in [0.1, 0.15) is 43.7 Å². The van der Waals surface area contributed by atoms with E-state index in [0.717, 1.165) is 25.1 Å². The van der Waals surface area contributed by atoms with Crippen LogP contribution in [0, 0.1) is 0 Å². The Morgan fingerprint density at radius 2 is 2.00 bits per heavy atom. The Balaban J connectivity index is 1.37. The molecular formula is C18H25N3OS. The van der Waals surface area contributed by atoms with Gasteiger partial charge >= 0.3 is 6.03 Å². The Morgan fingerprint density at radius 3 is 2.96 bits per heavy atom. The molecule has 4 nitrogen and oxygen atoms in total. The maximum absolute atomic E-state index is 12.5. The molecule has 0 bridgehead atoms. The van der Waals surface area contributed by atoms with Gasteiger partial charge in [-0.2, -0.15) is 0 Å². The summed E-state index contributed by atoms with van der Waals surface area (Å²) in [6, 6.07) is 9.48. The number of amides is 2. The lowest BCUT2D eigenvalue weighted by atomic mass is 9.99. The number of nitrogens with zero attached hydrogens (tertiary/aromatic N) is 1. The van der Waals surface area contributed by atoms with Crippen molar-refractivity contribution in [3.8, 4) is 0 Å². The molecule has 4 rings (SSSR count). The van der Waals surface area contributed by atoms with E-state index in [1.807, 2.05) is 11.8 Å². The number of thioether (sulfide) groups is 1. The quantitative estimate of drug-likeness (QED) is 0.875. The molecule has 124 valence electrons. The molecular weight excluding hydrogens is 306 g/mol. The van der Waals surface area contributed by atoms with E-state index in [1.54, 1.807) is 0 Å². The van der Waals surface area contributed by atoms with Gasteiger partial charge in [0.15, 0.2) is 0 Å². The summed E-state index contributed by atoms with van der Waals surface area (Å²) >= 11 is 1.89. The van der Waals surface area contributed by atoms with Gasteiger partial charge in [-0.1, -0.05) is 24.6 Å². The summed E-state index contributed by atoms with van der Waals surface area (Å²) in [6.07, 6.45) is 5.94. The highest BCUT2D eigenvalue weighted by atomic mass is 32.2. The first kappa shape index (κ1) is 15.3. The fourth-order valence-electron chi connectivity index (χ4n) is 4.28. The van der Waals surface area contributed by atoms with Gasteiger partial charge in [-0.3, -0.25) is 4.90 Å². The van der Waals surface area contributed by atoms with Gasteiger partial charge in [-0.05, 0) is 43.9 Å². The van der Waals surface area contributed by atoms with E-state index in [-0.39, 0.29) is 12.1 Å². The molecule has 1 aromatic carbocycles. The van der Waals surface area contributed by atoms with Crippen LogP contribution in [-0.2, 0) is 0 Å². The molecule has 0 aliphatic carbocycles. The summed E-state index contributed by atoms with van der Waals surface area (Å²) in [5.41, 5.74) is 1.27. The molecule has 0 radical (unpaired) electrons. The van der Waals surface area contributed by atoms with E-state index < -0.39 is 0 Å². The molecule has 3 aliphatic heterocycles. The number of hydrogen-bond acceptors (Lipinski definition) is 3. The Labute approximate surface area is 142 Å². The second-order valence-corrected chi connectivity index (χ2v) is 7.98. The summed E-state index contributed by atoms with van der Waals surface area (Å²) in [6.45, 7) is 2.34. The molecule has 3 atom stereocenters. The third-order valence-electron chi connectivity index (χ3n) is 5.44. The fourth-order valence-corrected chi connectivity index (χ4v) is 5.40. The summed E-state index contributed by atoms with van der Waals surface area (Å²) in [5, 5.41) is 6.47. The second-order valence-electron chi connectivity index (χ2n) is 6.84. The van der Waals surface area contributed by atoms with Crippen molar-refractivity contribution in [3.63, 3.8) is 0 Å². The van der Waals surface area contributed by atoms with E-state index in [1.165, 1.54) is 36.3 Å². The third-order valence-corrected chi connectivity index (χ3v) is 6.56. The van der Waals surface area contributed by atoms with Crippen LogP contribution in [0.5, 0.6) is 0 Å². The van der Waals surface area contributed by atoms with Crippen molar-refractivity contribution in [2.75, 3.05) is 18.8 Å². The normalized spacial score (nSPS) is 30.3. The number of carbonyl (C=O) groups is 1. The molecule has 0 unspecified atom stereocenters. The zero-order valence-corrected chi connectivity index (χ0v) is 14.3. The highest BCUT2D eigenvalue weighted by Gasteiger charge is 2.36. The molecule has 0 saturated carbocycles. The zero-order valence-electron chi connectivity index (χ0n) is 13.5. The molecule has 0 aromatic heterocycles. The first-order valence-corrected chi connectivity index (χ1v) is 9.82. The molecule has 2 N–H and O–H groups in total. The van der Waals surface area contributed by atoms with E-state index in [0.29, 0.717) is 12.1 Å². The number of fused-ring (bicyclic) bond motifs is 2. The first-order chi connectivity index (χ1) is 11.3. The predicted octanol–water partition coefficient (Wildman–Crippen LogP) is 3.15. The number of rotatable bonds is 2. The van der Waals surface area contributed by atoms with Crippen LogP contribution in [0.2, 0.25) is 0 Å². The van der Waals surface area contributed by atoms with Gasteiger partial charge in [0.05, 0.1) is 6.04 Å². The molecule has 3 aliphatic rings. The molecule has 23 heavy (non-hydrogen) atoms. The highest BCUT2D eigenvalue weighted by molar-refractivity contribution is 7.99. The largest absolute Gasteiger partial charge is 0.334 e. The average Bonchev–Trinajstić information content (AvgIpc) is 2.98. The van der Waals surface area contributed by atoms with Crippen molar-refractivity contribution < 1.29 is 4.79 Å². The van der Waals surface area contributed by atoms with Gasteiger partial charge in [-0.25, -0.2) is 4.79 Å². The summed E-state index contributed by atoms with van der Waals surface area (Å²) in [4.78, 5) is 16.4. The summed E-state index contributed by atoms with van der Waals surface area (Å²) < 4.78 is 0. The van der Waals surface area contributed by atoms with E-state index in [2.05, 4.69) is 39.8 Å². The topological polar surface area (TPSA) is 44.4 Å². The monoisotopic (exact) mass is 331 g/mol. The van der Waals surface area contributed by atoms with Crippen molar-refractivity contribution >= 4 is 17.8 Å². The SMILES string of the molecule is O=C(N[C@@H]1CCSc2ccccc21)N[C@@H]1CCN2CCCC[C@H]12. The third kappa shape index (κ3) is 3.22. The number of urea groups is 1. The molecule has 3 heterocycles. The Kier molecular flexibility index (Phi) is 4.49. The fraction of sp³-hybridized carbons (Fsp3) is 0.611. The Hall–Kier alpha value is -1.20. The predicted molar refractivity (Wildman–Crippen MR) is 93.8 cm³/mol. The smallest absolute Gasteiger partial charge is 0.315 e. The maximum atomic E-state index is 12.5. The number of hydrogen-bond donors (Lipinski definition) is 2. The van der Waals surface area contributed by atoms with Gasteiger partial charge in [0.25, 0.3) is 0 Å². The maximum Gasteiger partial charge on any atom is 0.315 e. The van der Waals surface area contributed by atoms with Gasteiger partial charge in [-0.15, -0.1) is 11.8 Å². The molecule has 5 heteroatoms. The number of carbonyl (C=O) groups excluding carboxylic acids is 1. The van der Waals surface area contributed by atoms with Crippen molar-refractivity contribution in [3.05, 3.63) is 29.8 Å². The van der Waals surface area contributed by atoms with Gasteiger partial charge < -0.3 is 10.6 Å². The average molecular weight is 331 g/mol. The molecule has 2 fully saturated rings. The minimum absolute atomic E-state index is 0.00845. The van der Waals surface area contributed by atoms with E-state index in [9.17, 15) is 4.79 Å². The van der Waals surface area contributed by atoms with Crippen LogP contribution in [0.15, 0.2) is 29.2 Å². The minimum Gasteiger partial charge on any atom is -0.334 e. The van der Waals surface area contributed by atoms with Crippen molar-refractivity contribution in [2.24, 2.45) is 0 Å². The van der Waals surface area contributed by atoms with Crippen LogP contribution in [0.4, 0.5) is 4.79 Å². The Bertz CT molecular complexity index is 579. The minimum atomic E-state index is 0.00845. The lowest BCUT2D eigenvalue weighted by molar-refractivity contribution is 0.178. The standard InChI is InChI=1S/C18H25N3OS/c22-18(20-15-8-11-21-10-4-3-6-16(15)21)19-14-9-12-23-17-7-2-1-5-13(14)17/h1-2,5,7,14-16H,3-4,6,8-12H2,(H2,19,20,22)/t14-,15-,16-/m1/s1. The lowest BCUT2D eigenvalue weighted by Gasteiger charge is -2.33. The molecule has 2 saturated heterocycles. The van der Waals surface area contributed by atoms with E-state index in [4.69, 9.17) is 0 Å². The summed E-state index contributed by atoms with van der Waals surface area (Å²) in [7, 11) is 0. The first-order valence-electron chi connectivity index (χ1n) is 8.84. The van der Waals surface area contributed by atoms with Crippen molar-refractivity contribution in [2.45, 2.75) is 55.1 Å². The van der Waals surface area contributed by atoms with Crippen LogP contribution in [0.3, 0.4) is 0 Å². The van der Waals surface area contributed by atoms with Gasteiger partial charge in [0.2, 0.25) is 0 Å². The zero-order chi connectivity index (χ0) is 15.6. The highest BCUT2D eigenvalue weighted by Crippen LogP contribution is 2.35. The van der Waals surface area contributed by atoms with Crippen LogP contribution in [0.25, 0.3) is 0 Å². The van der Waals surface area contributed by atoms with E-state index >= 15 is 0 Å². The van der Waals surface area contributed by atoms with Crippen molar-refractivity contribution in [1.29, 1.82) is 0 Å². The molecule has 1 aromatic rings. The lowest BCUT2D eigenvalue weighted by Crippen LogP contribution is -2.50. The summed E-state index contributed by atoms with van der Waals surface area (Å²) in [5.74, 6) is 1.07. The van der Waals surface area contributed by atoms with Gasteiger partial charge in [0, 0.05) is 29.3 Å². The number of piperidine rings is 1. The van der Waals surface area contributed by atoms with Crippen LogP contribution in [-0.4, -0.2) is 41.9 Å². The number of benzene rings is 1. The Morgan fingerprint density at radius 1 is 1.09 bits per heavy atom. The number of nitrogens with one attached hydrogen (secondary N) is 2. The second kappa shape index (κ2) is 6.73. The molecule has 0 spiro atoms. The van der Waals surface area contributed by atoms with Gasteiger partial charge in [0.1, 0.15) is 0 Å². The van der Waals surface area contributed by atoms with Crippen LogP contribution < -0.4 is 10.6 Å². The van der Waals surface area contributed by atoms with Crippen molar-refractivity contribution in [1.82, 2.24) is 15.5 Å². The molecule has 2 amide bonds.